The van der Waals surface area contributed by atoms with Crippen LogP contribution in [0.3, 0.4) is 0 Å². The number of aromatic nitrogens is 1. The predicted molar refractivity (Wildman–Crippen MR) is 85.6 cm³/mol. The molecule has 0 spiro atoms. The van der Waals surface area contributed by atoms with Crippen LogP contribution < -0.4 is 5.32 Å². The second-order valence-corrected chi connectivity index (χ2v) is 6.26. The van der Waals surface area contributed by atoms with Gasteiger partial charge in [0.25, 0.3) is 0 Å². The van der Waals surface area contributed by atoms with Crippen LogP contribution in [0.25, 0.3) is 0 Å². The number of thiazole rings is 1. The summed E-state index contributed by atoms with van der Waals surface area (Å²) in [7, 11) is 0. The van der Waals surface area contributed by atoms with Crippen molar-refractivity contribution in [3.05, 3.63) is 22.7 Å². The lowest BCUT2D eigenvalue weighted by Gasteiger charge is -2.27. The normalized spacial score (nSPS) is 15.5. The van der Waals surface area contributed by atoms with Gasteiger partial charge in [0, 0.05) is 43.7 Å². The van der Waals surface area contributed by atoms with Crippen LogP contribution >= 0.6 is 11.3 Å². The number of hydrogen-bond acceptors (Lipinski definition) is 6. The van der Waals surface area contributed by atoms with Crippen LogP contribution in [0.4, 0.5) is 5.13 Å². The number of likely N-dealkylation sites (tertiary alicyclic amines) is 1. The SMILES string of the molecule is CCOC(=O)C=C1CCN(Cc2cnc(NC(C)=O)s2)CC1. The number of nitrogens with zero attached hydrogens (tertiary/aromatic N) is 2. The molecule has 1 aliphatic heterocycles. The number of piperidine rings is 1. The van der Waals surface area contributed by atoms with E-state index in [2.05, 4.69) is 15.2 Å². The predicted octanol–water partition coefficient (Wildman–Crippen LogP) is 2.19. The van der Waals surface area contributed by atoms with E-state index in [4.69, 9.17) is 4.74 Å². The van der Waals surface area contributed by atoms with Crippen molar-refractivity contribution in [3.63, 3.8) is 0 Å². The molecule has 120 valence electrons. The highest BCUT2D eigenvalue weighted by molar-refractivity contribution is 7.15. The summed E-state index contributed by atoms with van der Waals surface area (Å²) < 4.78 is 4.93. The molecule has 1 saturated heterocycles. The van der Waals surface area contributed by atoms with Gasteiger partial charge in [-0.2, -0.15) is 0 Å². The van der Waals surface area contributed by atoms with E-state index in [1.54, 1.807) is 12.3 Å². The number of carbonyl (C=O) groups excluding carboxylic acids is 2. The number of hydrogen-bond donors (Lipinski definition) is 1. The van der Waals surface area contributed by atoms with Crippen LogP contribution in [0.2, 0.25) is 0 Å². The van der Waals surface area contributed by atoms with E-state index in [1.807, 2.05) is 6.92 Å². The fraction of sp³-hybridized carbons (Fsp3) is 0.533. The maximum absolute atomic E-state index is 11.4. The molecule has 1 amide bonds. The molecule has 6 nitrogen and oxygen atoms in total. The van der Waals surface area contributed by atoms with E-state index >= 15 is 0 Å². The molecule has 0 radical (unpaired) electrons. The van der Waals surface area contributed by atoms with Gasteiger partial charge in [0.2, 0.25) is 5.91 Å². The summed E-state index contributed by atoms with van der Waals surface area (Å²) in [6.07, 6.45) is 5.20. The van der Waals surface area contributed by atoms with Gasteiger partial charge >= 0.3 is 5.97 Å². The summed E-state index contributed by atoms with van der Waals surface area (Å²) in [5.41, 5.74) is 1.15. The van der Waals surface area contributed by atoms with Crippen molar-refractivity contribution in [3.8, 4) is 0 Å². The fourth-order valence-electron chi connectivity index (χ4n) is 2.30. The Bertz CT molecular complexity index is 558. The number of ether oxygens (including phenoxy) is 1. The summed E-state index contributed by atoms with van der Waals surface area (Å²) in [4.78, 5) is 30.0. The minimum Gasteiger partial charge on any atom is -0.463 e. The van der Waals surface area contributed by atoms with E-state index in [0.29, 0.717) is 11.7 Å². The van der Waals surface area contributed by atoms with Crippen molar-refractivity contribution in [1.82, 2.24) is 9.88 Å². The van der Waals surface area contributed by atoms with Gasteiger partial charge < -0.3 is 10.1 Å². The highest BCUT2D eigenvalue weighted by Crippen LogP contribution is 2.23. The molecule has 1 aliphatic rings. The Labute approximate surface area is 134 Å². The molecular formula is C15H21N3O3S. The molecule has 0 aliphatic carbocycles. The third-order valence-electron chi connectivity index (χ3n) is 3.32. The molecule has 0 aromatic carbocycles. The Morgan fingerprint density at radius 1 is 1.45 bits per heavy atom. The Balaban J connectivity index is 1.81. The second kappa shape index (κ2) is 8.05. The smallest absolute Gasteiger partial charge is 0.330 e. The fourth-order valence-corrected chi connectivity index (χ4v) is 3.20. The molecule has 0 unspecified atom stereocenters. The third kappa shape index (κ3) is 5.23. The van der Waals surface area contributed by atoms with E-state index < -0.39 is 0 Å². The molecule has 0 atom stereocenters. The van der Waals surface area contributed by atoms with Crippen LogP contribution in [0.5, 0.6) is 0 Å². The zero-order valence-electron chi connectivity index (χ0n) is 12.9. The number of anilines is 1. The molecular weight excluding hydrogens is 302 g/mol. The lowest BCUT2D eigenvalue weighted by Crippen LogP contribution is -2.30. The number of nitrogens with one attached hydrogen (secondary N) is 1. The van der Waals surface area contributed by atoms with E-state index in [-0.39, 0.29) is 11.9 Å². The second-order valence-electron chi connectivity index (χ2n) is 5.14. The van der Waals surface area contributed by atoms with E-state index in [9.17, 15) is 9.59 Å². The molecule has 1 fully saturated rings. The maximum atomic E-state index is 11.4. The monoisotopic (exact) mass is 323 g/mol. The zero-order chi connectivity index (χ0) is 15.9. The van der Waals surface area contributed by atoms with Crippen LogP contribution in [0.1, 0.15) is 31.6 Å². The summed E-state index contributed by atoms with van der Waals surface area (Å²) in [5.74, 6) is -0.346. The molecule has 1 aromatic heterocycles. The van der Waals surface area contributed by atoms with Gasteiger partial charge in [-0.3, -0.25) is 9.69 Å². The van der Waals surface area contributed by atoms with Crippen molar-refractivity contribution in [2.24, 2.45) is 0 Å². The molecule has 2 heterocycles. The molecule has 0 saturated carbocycles. The lowest BCUT2D eigenvalue weighted by atomic mass is 10.0. The Kier molecular flexibility index (Phi) is 6.09. The van der Waals surface area contributed by atoms with E-state index in [1.165, 1.54) is 18.3 Å². The standard InChI is InChI=1S/C15H21N3O3S/c1-3-21-14(20)8-12-4-6-18(7-5-12)10-13-9-16-15(22-13)17-11(2)19/h8-9H,3-7,10H2,1-2H3,(H,16,17,19). The first-order chi connectivity index (χ1) is 10.6. The topological polar surface area (TPSA) is 71.5 Å². The van der Waals surface area contributed by atoms with Crippen molar-refractivity contribution in [2.45, 2.75) is 33.2 Å². The summed E-state index contributed by atoms with van der Waals surface area (Å²) in [6, 6.07) is 0. The first kappa shape index (κ1) is 16.6. The average molecular weight is 323 g/mol. The first-order valence-corrected chi connectivity index (χ1v) is 8.19. The summed E-state index contributed by atoms with van der Waals surface area (Å²) in [5, 5.41) is 3.33. The first-order valence-electron chi connectivity index (χ1n) is 7.37. The van der Waals surface area contributed by atoms with Crippen LogP contribution in [-0.4, -0.2) is 41.5 Å². The van der Waals surface area contributed by atoms with Gasteiger partial charge in [-0.1, -0.05) is 5.57 Å². The van der Waals surface area contributed by atoms with Crippen LogP contribution in [0, 0.1) is 0 Å². The van der Waals surface area contributed by atoms with Crippen molar-refractivity contribution in [2.75, 3.05) is 25.0 Å². The third-order valence-corrected chi connectivity index (χ3v) is 4.22. The Hall–Kier alpha value is -1.73. The van der Waals surface area contributed by atoms with E-state index in [0.717, 1.165) is 42.9 Å². The summed E-state index contributed by atoms with van der Waals surface area (Å²) in [6.45, 7) is 6.35. The van der Waals surface area contributed by atoms with Crippen LogP contribution in [-0.2, 0) is 20.9 Å². The number of amides is 1. The van der Waals surface area contributed by atoms with Crippen LogP contribution in [0.15, 0.2) is 17.8 Å². The van der Waals surface area contributed by atoms with Gasteiger partial charge in [0.05, 0.1) is 6.61 Å². The lowest BCUT2D eigenvalue weighted by molar-refractivity contribution is -0.137. The van der Waals surface area contributed by atoms with Crippen molar-refractivity contribution in [1.29, 1.82) is 0 Å². The number of carbonyl (C=O) groups is 2. The minimum atomic E-state index is -0.242. The molecule has 22 heavy (non-hydrogen) atoms. The van der Waals surface area contributed by atoms with Gasteiger partial charge in [0.15, 0.2) is 5.13 Å². The molecule has 7 heteroatoms. The average Bonchev–Trinajstić information content (AvgIpc) is 2.87. The molecule has 1 aromatic rings. The highest BCUT2D eigenvalue weighted by atomic mass is 32.1. The quantitative estimate of drug-likeness (QED) is 0.664. The number of rotatable bonds is 5. The Morgan fingerprint density at radius 2 is 2.18 bits per heavy atom. The summed E-state index contributed by atoms with van der Waals surface area (Å²) >= 11 is 1.50. The highest BCUT2D eigenvalue weighted by Gasteiger charge is 2.16. The van der Waals surface area contributed by atoms with Gasteiger partial charge in [-0.05, 0) is 19.8 Å². The minimum absolute atomic E-state index is 0.104. The van der Waals surface area contributed by atoms with Crippen molar-refractivity contribution >= 4 is 28.3 Å². The number of esters is 1. The molecule has 1 N–H and O–H groups in total. The largest absolute Gasteiger partial charge is 0.463 e. The molecule has 2 rings (SSSR count). The zero-order valence-corrected chi connectivity index (χ0v) is 13.7. The van der Waals surface area contributed by atoms with Gasteiger partial charge in [0.1, 0.15) is 0 Å². The maximum Gasteiger partial charge on any atom is 0.330 e. The van der Waals surface area contributed by atoms with Crippen molar-refractivity contribution < 1.29 is 14.3 Å². The van der Waals surface area contributed by atoms with Gasteiger partial charge in [-0.25, -0.2) is 9.78 Å². The Morgan fingerprint density at radius 3 is 2.82 bits per heavy atom. The molecule has 0 bridgehead atoms. The van der Waals surface area contributed by atoms with Gasteiger partial charge in [-0.15, -0.1) is 11.3 Å².